The highest BCUT2D eigenvalue weighted by atomic mass is 16.5. The number of nitrogens with one attached hydrogen (secondary N) is 1. The van der Waals surface area contributed by atoms with Gasteiger partial charge in [0.1, 0.15) is 12.2 Å². The second-order valence-electron chi connectivity index (χ2n) is 4.05. The summed E-state index contributed by atoms with van der Waals surface area (Å²) < 4.78 is 11.9. The third-order valence-corrected chi connectivity index (χ3v) is 2.50. The standard InChI is InChI=1S/C13H16N4O3/c1-17-9-10(8-15-17)16-12(18)11-4-3-5-14-13(11)20-7-6-19-2/h3-5,8-9H,6-7H2,1-2H3,(H,16,18). The molecule has 0 aliphatic heterocycles. The molecular formula is C13H16N4O3. The summed E-state index contributed by atoms with van der Waals surface area (Å²) in [5.41, 5.74) is 0.983. The maximum Gasteiger partial charge on any atom is 0.261 e. The average Bonchev–Trinajstić information content (AvgIpc) is 2.85. The Morgan fingerprint density at radius 3 is 3.00 bits per heavy atom. The second-order valence-corrected chi connectivity index (χ2v) is 4.05. The summed E-state index contributed by atoms with van der Waals surface area (Å²) in [5, 5.41) is 6.72. The van der Waals surface area contributed by atoms with E-state index in [2.05, 4.69) is 15.4 Å². The molecule has 7 heteroatoms. The highest BCUT2D eigenvalue weighted by Gasteiger charge is 2.14. The van der Waals surface area contributed by atoms with Crippen molar-refractivity contribution in [1.82, 2.24) is 14.8 Å². The van der Waals surface area contributed by atoms with Crippen molar-refractivity contribution in [3.63, 3.8) is 0 Å². The fraction of sp³-hybridized carbons (Fsp3) is 0.308. The molecule has 0 radical (unpaired) electrons. The lowest BCUT2D eigenvalue weighted by molar-refractivity contribution is 0.101. The minimum absolute atomic E-state index is 0.283. The SMILES string of the molecule is COCCOc1ncccc1C(=O)Nc1cnn(C)c1. The third kappa shape index (κ3) is 3.55. The number of hydrogen-bond donors (Lipinski definition) is 1. The van der Waals surface area contributed by atoms with Crippen LogP contribution in [-0.4, -0.2) is 41.0 Å². The third-order valence-electron chi connectivity index (χ3n) is 2.50. The van der Waals surface area contributed by atoms with E-state index in [1.807, 2.05) is 0 Å². The molecule has 0 aliphatic rings. The van der Waals surface area contributed by atoms with Crippen LogP contribution in [0.3, 0.4) is 0 Å². The van der Waals surface area contributed by atoms with Crippen molar-refractivity contribution in [2.75, 3.05) is 25.6 Å². The number of ether oxygens (including phenoxy) is 2. The first-order chi connectivity index (χ1) is 9.70. The van der Waals surface area contributed by atoms with Crippen LogP contribution in [0.4, 0.5) is 5.69 Å². The number of aryl methyl sites for hydroxylation is 1. The van der Waals surface area contributed by atoms with Gasteiger partial charge in [0.25, 0.3) is 5.91 Å². The normalized spacial score (nSPS) is 10.3. The lowest BCUT2D eigenvalue weighted by Gasteiger charge is -2.09. The van der Waals surface area contributed by atoms with E-state index in [1.54, 1.807) is 49.6 Å². The number of anilines is 1. The fourth-order valence-corrected chi connectivity index (χ4v) is 1.58. The summed E-state index contributed by atoms with van der Waals surface area (Å²) >= 11 is 0. The first-order valence-electron chi connectivity index (χ1n) is 6.07. The lowest BCUT2D eigenvalue weighted by atomic mass is 10.2. The molecule has 1 amide bonds. The highest BCUT2D eigenvalue weighted by Crippen LogP contribution is 2.16. The van der Waals surface area contributed by atoms with Crippen molar-refractivity contribution in [2.45, 2.75) is 0 Å². The molecule has 20 heavy (non-hydrogen) atoms. The van der Waals surface area contributed by atoms with E-state index in [0.717, 1.165) is 0 Å². The Balaban J connectivity index is 2.08. The van der Waals surface area contributed by atoms with Gasteiger partial charge in [-0.15, -0.1) is 0 Å². The molecule has 2 rings (SSSR count). The molecule has 2 heterocycles. The van der Waals surface area contributed by atoms with Crippen LogP contribution < -0.4 is 10.1 Å². The molecule has 7 nitrogen and oxygen atoms in total. The molecule has 2 aromatic rings. The quantitative estimate of drug-likeness (QED) is 0.799. The zero-order valence-electron chi connectivity index (χ0n) is 11.4. The van der Waals surface area contributed by atoms with Crippen LogP contribution in [0.2, 0.25) is 0 Å². The van der Waals surface area contributed by atoms with Gasteiger partial charge in [-0.2, -0.15) is 5.10 Å². The van der Waals surface area contributed by atoms with Gasteiger partial charge in [-0.1, -0.05) is 0 Å². The summed E-state index contributed by atoms with van der Waals surface area (Å²) in [5.74, 6) is -0.00976. The van der Waals surface area contributed by atoms with E-state index >= 15 is 0 Å². The van der Waals surface area contributed by atoms with E-state index < -0.39 is 0 Å². The van der Waals surface area contributed by atoms with E-state index in [9.17, 15) is 4.79 Å². The lowest BCUT2D eigenvalue weighted by Crippen LogP contribution is -2.15. The molecule has 0 aliphatic carbocycles. The van der Waals surface area contributed by atoms with Gasteiger partial charge >= 0.3 is 0 Å². The Hall–Kier alpha value is -2.41. The largest absolute Gasteiger partial charge is 0.475 e. The molecule has 106 valence electrons. The highest BCUT2D eigenvalue weighted by molar-refractivity contribution is 6.05. The topological polar surface area (TPSA) is 78.3 Å². The molecule has 0 atom stereocenters. The van der Waals surface area contributed by atoms with E-state index in [0.29, 0.717) is 24.5 Å². The predicted octanol–water partition coefficient (Wildman–Crippen LogP) is 1.09. The van der Waals surface area contributed by atoms with Gasteiger partial charge in [0, 0.05) is 26.6 Å². The summed E-state index contributed by atoms with van der Waals surface area (Å²) in [6, 6.07) is 3.34. The van der Waals surface area contributed by atoms with Crippen molar-refractivity contribution in [2.24, 2.45) is 7.05 Å². The average molecular weight is 276 g/mol. The summed E-state index contributed by atoms with van der Waals surface area (Å²) in [4.78, 5) is 16.2. The molecule has 0 saturated carbocycles. The molecule has 0 fully saturated rings. The Morgan fingerprint density at radius 1 is 1.45 bits per heavy atom. The number of aromatic nitrogens is 3. The van der Waals surface area contributed by atoms with Gasteiger partial charge in [-0.25, -0.2) is 4.98 Å². The minimum atomic E-state index is -0.293. The van der Waals surface area contributed by atoms with Crippen LogP contribution in [0.1, 0.15) is 10.4 Å². The second kappa shape index (κ2) is 6.67. The Morgan fingerprint density at radius 2 is 2.30 bits per heavy atom. The number of carbonyl (C=O) groups excluding carboxylic acids is 1. The molecule has 0 spiro atoms. The van der Waals surface area contributed by atoms with Crippen molar-refractivity contribution >= 4 is 11.6 Å². The Labute approximate surface area is 116 Å². The van der Waals surface area contributed by atoms with E-state index in [1.165, 1.54) is 0 Å². The van der Waals surface area contributed by atoms with Crippen LogP contribution in [0, 0.1) is 0 Å². The fourth-order valence-electron chi connectivity index (χ4n) is 1.58. The van der Waals surface area contributed by atoms with Crippen LogP contribution in [-0.2, 0) is 11.8 Å². The predicted molar refractivity (Wildman–Crippen MR) is 72.8 cm³/mol. The number of rotatable bonds is 6. The van der Waals surface area contributed by atoms with E-state index in [4.69, 9.17) is 9.47 Å². The monoisotopic (exact) mass is 276 g/mol. The molecule has 1 N–H and O–H groups in total. The molecule has 0 bridgehead atoms. The van der Waals surface area contributed by atoms with Gasteiger partial charge in [0.2, 0.25) is 5.88 Å². The van der Waals surface area contributed by atoms with Crippen molar-refractivity contribution in [3.05, 3.63) is 36.3 Å². The number of hydrogen-bond acceptors (Lipinski definition) is 5. The summed E-state index contributed by atoms with van der Waals surface area (Å²) in [6.07, 6.45) is 4.85. The van der Waals surface area contributed by atoms with Crippen molar-refractivity contribution in [1.29, 1.82) is 0 Å². The van der Waals surface area contributed by atoms with Gasteiger partial charge in [-0.05, 0) is 12.1 Å². The molecule has 2 aromatic heterocycles. The maximum atomic E-state index is 12.2. The van der Waals surface area contributed by atoms with Crippen molar-refractivity contribution in [3.8, 4) is 5.88 Å². The molecule has 0 saturated heterocycles. The van der Waals surface area contributed by atoms with E-state index in [-0.39, 0.29) is 11.8 Å². The number of amides is 1. The van der Waals surface area contributed by atoms with Crippen LogP contribution >= 0.6 is 0 Å². The van der Waals surface area contributed by atoms with Gasteiger partial charge in [0.15, 0.2) is 0 Å². The van der Waals surface area contributed by atoms with Crippen LogP contribution in [0.5, 0.6) is 5.88 Å². The number of pyridine rings is 1. The Bertz CT molecular complexity index is 583. The van der Waals surface area contributed by atoms with Gasteiger partial charge < -0.3 is 14.8 Å². The van der Waals surface area contributed by atoms with Crippen LogP contribution in [0.15, 0.2) is 30.7 Å². The first-order valence-corrected chi connectivity index (χ1v) is 6.07. The first kappa shape index (κ1) is 14.0. The smallest absolute Gasteiger partial charge is 0.261 e. The molecule has 0 aromatic carbocycles. The van der Waals surface area contributed by atoms with Crippen LogP contribution in [0.25, 0.3) is 0 Å². The zero-order chi connectivity index (χ0) is 14.4. The number of nitrogens with zero attached hydrogens (tertiary/aromatic N) is 3. The molecule has 0 unspecified atom stereocenters. The molecular weight excluding hydrogens is 260 g/mol. The maximum absolute atomic E-state index is 12.2. The zero-order valence-corrected chi connectivity index (χ0v) is 11.4. The summed E-state index contributed by atoms with van der Waals surface area (Å²) in [7, 11) is 3.36. The van der Waals surface area contributed by atoms with Crippen molar-refractivity contribution < 1.29 is 14.3 Å². The Kier molecular flexibility index (Phi) is 4.67. The van der Waals surface area contributed by atoms with Gasteiger partial charge in [0.05, 0.1) is 18.5 Å². The number of carbonyl (C=O) groups is 1. The number of methoxy groups -OCH3 is 1. The minimum Gasteiger partial charge on any atom is -0.475 e. The van der Waals surface area contributed by atoms with Gasteiger partial charge in [-0.3, -0.25) is 9.48 Å². The summed E-state index contributed by atoms with van der Waals surface area (Å²) in [6.45, 7) is 0.765.